The maximum atomic E-state index is 4.99. The number of rotatable bonds is 5. The summed E-state index contributed by atoms with van der Waals surface area (Å²) in [5.41, 5.74) is 19.7. The van der Waals surface area contributed by atoms with Crippen LogP contribution in [0, 0.1) is 0 Å². The monoisotopic (exact) mass is 773 g/mol. The van der Waals surface area contributed by atoms with E-state index in [1.807, 2.05) is 12.3 Å². The predicted octanol–water partition coefficient (Wildman–Crippen LogP) is 13.5. The third-order valence-electron chi connectivity index (χ3n) is 14.2. The summed E-state index contributed by atoms with van der Waals surface area (Å²) in [6, 6.07) is 45.3. The summed E-state index contributed by atoms with van der Waals surface area (Å²) in [5.74, 6) is 1.22. The van der Waals surface area contributed by atoms with Crippen LogP contribution in [0.15, 0.2) is 121 Å². The van der Waals surface area contributed by atoms with Crippen molar-refractivity contribution in [3.05, 3.63) is 144 Å². The molecule has 6 aromatic rings. The van der Waals surface area contributed by atoms with Gasteiger partial charge in [-0.05, 0) is 148 Å². The van der Waals surface area contributed by atoms with E-state index in [2.05, 4.69) is 161 Å². The highest BCUT2D eigenvalue weighted by atomic mass is 15.2. The number of fused-ring (bicyclic) bond motifs is 4. The first-order chi connectivity index (χ1) is 28.5. The molecule has 2 fully saturated rings. The summed E-state index contributed by atoms with van der Waals surface area (Å²) >= 11 is 0. The van der Waals surface area contributed by atoms with Gasteiger partial charge in [-0.1, -0.05) is 135 Å². The van der Waals surface area contributed by atoms with Crippen molar-refractivity contribution >= 4 is 57.2 Å². The fourth-order valence-electron chi connectivity index (χ4n) is 10.9. The molecule has 10 rings (SSSR count). The fraction of sp³-hybridized carbons (Fsp3) is 0.364. The van der Waals surface area contributed by atoms with Crippen LogP contribution in [0.25, 0.3) is 11.3 Å². The van der Waals surface area contributed by atoms with Crippen molar-refractivity contribution in [3.8, 4) is 11.3 Å². The highest BCUT2D eigenvalue weighted by Gasteiger charge is 2.44. The first kappa shape index (κ1) is 38.1. The second-order valence-electron chi connectivity index (χ2n) is 20.1. The highest BCUT2D eigenvalue weighted by Crippen LogP contribution is 2.48. The molecule has 5 aromatic carbocycles. The van der Waals surface area contributed by atoms with E-state index in [-0.39, 0.29) is 17.5 Å². The normalized spacial score (nSPS) is 17.1. The SMILES string of the molecule is CC(C)(C)c1ccc(N2c3cc(C4CCCCC4)ccc3B3c4ccc(C5CCCCC5)cc4N(c4ccc(C(C)(C)C)cc4)c4cc(-c5ccccn5)cc2c43)cc1. The third kappa shape index (κ3) is 6.91. The van der Waals surface area contributed by atoms with Gasteiger partial charge in [0, 0.05) is 45.9 Å². The highest BCUT2D eigenvalue weighted by molar-refractivity contribution is 7.00. The van der Waals surface area contributed by atoms with Crippen LogP contribution >= 0.6 is 0 Å². The fourth-order valence-corrected chi connectivity index (χ4v) is 10.9. The van der Waals surface area contributed by atoms with Gasteiger partial charge in [0.25, 0.3) is 6.71 Å². The van der Waals surface area contributed by atoms with Crippen LogP contribution in [0.1, 0.15) is 140 Å². The van der Waals surface area contributed by atoms with Crippen LogP contribution in [0.4, 0.5) is 34.1 Å². The van der Waals surface area contributed by atoms with E-state index in [1.165, 1.54) is 137 Å². The topological polar surface area (TPSA) is 19.4 Å². The van der Waals surface area contributed by atoms with Crippen molar-refractivity contribution in [2.24, 2.45) is 0 Å². The molecule has 0 amide bonds. The van der Waals surface area contributed by atoms with Gasteiger partial charge in [0.1, 0.15) is 0 Å². The second-order valence-corrected chi connectivity index (χ2v) is 20.1. The standard InChI is InChI=1S/C55H60BN3/c1-54(2,3)42-22-26-44(27-23-42)58-49-33-39(37-15-9-7-10-16-37)20-30-46(49)56-47-31-21-40(38-17-11-8-12-18-38)34-50(47)59(45-28-24-43(25-29-45)55(4,5)6)52-36-41(35-51(58)53(52)56)48-19-13-14-32-57-48/h13-14,19-38H,7-12,15-18H2,1-6H3. The quantitative estimate of drug-likeness (QED) is 0.162. The van der Waals surface area contributed by atoms with Crippen molar-refractivity contribution in [1.29, 1.82) is 0 Å². The number of aromatic nitrogens is 1. The molecule has 0 radical (unpaired) electrons. The molecule has 59 heavy (non-hydrogen) atoms. The number of hydrogen-bond donors (Lipinski definition) is 0. The molecule has 298 valence electrons. The second kappa shape index (κ2) is 14.9. The molecule has 0 N–H and O–H groups in total. The molecular weight excluding hydrogens is 713 g/mol. The Hall–Kier alpha value is -5.09. The molecule has 2 aliphatic carbocycles. The number of benzene rings is 5. The molecule has 4 aliphatic rings. The summed E-state index contributed by atoms with van der Waals surface area (Å²) < 4.78 is 0. The molecule has 0 bridgehead atoms. The van der Waals surface area contributed by atoms with Gasteiger partial charge in [-0.3, -0.25) is 4.98 Å². The summed E-state index contributed by atoms with van der Waals surface area (Å²) in [6.45, 7) is 14.0. The minimum Gasteiger partial charge on any atom is -0.311 e. The van der Waals surface area contributed by atoms with Crippen LogP contribution in [-0.2, 0) is 10.8 Å². The molecule has 4 heteroatoms. The molecule has 0 unspecified atom stereocenters. The molecular formula is C55H60BN3. The lowest BCUT2D eigenvalue weighted by Gasteiger charge is -2.45. The van der Waals surface area contributed by atoms with E-state index in [1.54, 1.807) is 0 Å². The van der Waals surface area contributed by atoms with Crippen LogP contribution in [0.3, 0.4) is 0 Å². The lowest BCUT2D eigenvalue weighted by Crippen LogP contribution is -2.61. The zero-order valence-electron chi connectivity index (χ0n) is 36.2. The maximum Gasteiger partial charge on any atom is 0.252 e. The average Bonchev–Trinajstić information content (AvgIpc) is 3.26. The van der Waals surface area contributed by atoms with E-state index in [9.17, 15) is 0 Å². The first-order valence-electron chi connectivity index (χ1n) is 22.7. The zero-order chi connectivity index (χ0) is 40.5. The van der Waals surface area contributed by atoms with Gasteiger partial charge in [0.15, 0.2) is 0 Å². The van der Waals surface area contributed by atoms with Gasteiger partial charge in [-0.15, -0.1) is 0 Å². The van der Waals surface area contributed by atoms with Crippen molar-refractivity contribution in [2.45, 2.75) is 128 Å². The van der Waals surface area contributed by atoms with Gasteiger partial charge >= 0.3 is 0 Å². The smallest absolute Gasteiger partial charge is 0.252 e. The largest absolute Gasteiger partial charge is 0.311 e. The molecule has 1 aromatic heterocycles. The van der Waals surface area contributed by atoms with E-state index < -0.39 is 0 Å². The van der Waals surface area contributed by atoms with Crippen molar-refractivity contribution < 1.29 is 0 Å². The molecule has 2 saturated carbocycles. The lowest BCUT2D eigenvalue weighted by atomic mass is 9.33. The van der Waals surface area contributed by atoms with Crippen LogP contribution in [0.5, 0.6) is 0 Å². The predicted molar refractivity (Wildman–Crippen MR) is 253 cm³/mol. The number of hydrogen-bond acceptors (Lipinski definition) is 3. The van der Waals surface area contributed by atoms with Crippen LogP contribution < -0.4 is 26.2 Å². The van der Waals surface area contributed by atoms with Gasteiger partial charge in [-0.25, -0.2) is 0 Å². The molecule has 3 nitrogen and oxygen atoms in total. The third-order valence-corrected chi connectivity index (χ3v) is 14.2. The minimum absolute atomic E-state index is 0.0683. The summed E-state index contributed by atoms with van der Waals surface area (Å²) in [7, 11) is 0. The van der Waals surface area contributed by atoms with Crippen molar-refractivity contribution in [1.82, 2.24) is 4.98 Å². The number of pyridine rings is 1. The number of anilines is 6. The van der Waals surface area contributed by atoms with E-state index in [4.69, 9.17) is 4.98 Å². The summed E-state index contributed by atoms with van der Waals surface area (Å²) in [6.07, 6.45) is 15.1. The molecule has 0 atom stereocenters. The zero-order valence-corrected chi connectivity index (χ0v) is 36.2. The van der Waals surface area contributed by atoms with Gasteiger partial charge in [-0.2, -0.15) is 0 Å². The van der Waals surface area contributed by atoms with Gasteiger partial charge < -0.3 is 9.80 Å². The summed E-state index contributed by atoms with van der Waals surface area (Å²) in [5, 5.41) is 0. The Kier molecular flexibility index (Phi) is 9.62. The number of nitrogens with zero attached hydrogens (tertiary/aromatic N) is 3. The Morgan fingerprint density at radius 2 is 0.949 bits per heavy atom. The Morgan fingerprint density at radius 1 is 0.492 bits per heavy atom. The van der Waals surface area contributed by atoms with Gasteiger partial charge in [0.05, 0.1) is 5.69 Å². The van der Waals surface area contributed by atoms with Gasteiger partial charge in [0.2, 0.25) is 0 Å². The Labute approximate surface area is 354 Å². The molecule has 0 spiro atoms. The first-order valence-corrected chi connectivity index (χ1v) is 22.7. The molecule has 2 aliphatic heterocycles. The van der Waals surface area contributed by atoms with Crippen LogP contribution in [0.2, 0.25) is 0 Å². The van der Waals surface area contributed by atoms with E-state index in [0.29, 0.717) is 11.8 Å². The minimum atomic E-state index is 0.0683. The Morgan fingerprint density at radius 3 is 1.36 bits per heavy atom. The molecule has 3 heterocycles. The van der Waals surface area contributed by atoms with Crippen molar-refractivity contribution in [3.63, 3.8) is 0 Å². The van der Waals surface area contributed by atoms with Crippen LogP contribution in [-0.4, -0.2) is 11.7 Å². The average molecular weight is 774 g/mol. The summed E-state index contributed by atoms with van der Waals surface area (Å²) in [4.78, 5) is 10.2. The Bertz CT molecular complexity index is 2320. The Balaban J connectivity index is 1.27. The van der Waals surface area contributed by atoms with Crippen molar-refractivity contribution in [2.75, 3.05) is 9.80 Å². The lowest BCUT2D eigenvalue weighted by molar-refractivity contribution is 0.444. The van der Waals surface area contributed by atoms with E-state index in [0.717, 1.165) is 11.3 Å². The maximum absolute atomic E-state index is 4.99. The van der Waals surface area contributed by atoms with E-state index >= 15 is 0 Å². The molecule has 0 saturated heterocycles.